The van der Waals surface area contributed by atoms with Crippen molar-refractivity contribution in [2.45, 2.75) is 39.3 Å². The first kappa shape index (κ1) is 17.4. The van der Waals surface area contributed by atoms with E-state index in [1.807, 2.05) is 13.8 Å². The molecule has 1 rings (SSSR count). The maximum absolute atomic E-state index is 13.6. The van der Waals surface area contributed by atoms with E-state index in [0.29, 0.717) is 0 Å². The summed E-state index contributed by atoms with van der Waals surface area (Å²) in [5, 5.41) is 15.1. The second-order valence-electron chi connectivity index (χ2n) is 5.73. The lowest BCUT2D eigenvalue weighted by Crippen LogP contribution is -2.47. The SMILES string of the molecule is CC(NC(=O)NCC(C)(O)C(C)C)c1ccc(F)cc1F. The molecule has 2 amide bonds. The second-order valence-corrected chi connectivity index (χ2v) is 5.73. The number of hydrogen-bond acceptors (Lipinski definition) is 2. The van der Waals surface area contributed by atoms with Gasteiger partial charge in [0.25, 0.3) is 0 Å². The number of nitrogens with one attached hydrogen (secondary N) is 2. The number of carbonyl (C=O) groups is 1. The summed E-state index contributed by atoms with van der Waals surface area (Å²) < 4.78 is 26.4. The van der Waals surface area contributed by atoms with Gasteiger partial charge in [0.1, 0.15) is 11.6 Å². The van der Waals surface area contributed by atoms with E-state index in [4.69, 9.17) is 0 Å². The normalized spacial score (nSPS) is 15.4. The summed E-state index contributed by atoms with van der Waals surface area (Å²) in [5.74, 6) is -1.40. The first-order valence-electron chi connectivity index (χ1n) is 6.85. The lowest BCUT2D eigenvalue weighted by atomic mass is 9.93. The van der Waals surface area contributed by atoms with E-state index in [1.54, 1.807) is 13.8 Å². The van der Waals surface area contributed by atoms with Crippen LogP contribution >= 0.6 is 0 Å². The van der Waals surface area contributed by atoms with Crippen LogP contribution in [0.2, 0.25) is 0 Å². The van der Waals surface area contributed by atoms with Gasteiger partial charge in [0.2, 0.25) is 0 Å². The Kier molecular flexibility index (Phi) is 5.66. The highest BCUT2D eigenvalue weighted by molar-refractivity contribution is 5.74. The average molecular weight is 300 g/mol. The van der Waals surface area contributed by atoms with Crippen molar-refractivity contribution in [1.29, 1.82) is 0 Å². The second kappa shape index (κ2) is 6.85. The minimum Gasteiger partial charge on any atom is -0.388 e. The van der Waals surface area contributed by atoms with Crippen molar-refractivity contribution in [3.63, 3.8) is 0 Å². The summed E-state index contributed by atoms with van der Waals surface area (Å²) in [5.41, 5.74) is -0.830. The summed E-state index contributed by atoms with van der Waals surface area (Å²) >= 11 is 0. The molecular weight excluding hydrogens is 278 g/mol. The fourth-order valence-electron chi connectivity index (χ4n) is 1.64. The van der Waals surface area contributed by atoms with Gasteiger partial charge in [-0.25, -0.2) is 13.6 Å². The Labute approximate surface area is 123 Å². The maximum atomic E-state index is 13.6. The highest BCUT2D eigenvalue weighted by Gasteiger charge is 2.25. The van der Waals surface area contributed by atoms with Crippen LogP contribution in [0.25, 0.3) is 0 Å². The summed E-state index contributed by atoms with van der Waals surface area (Å²) in [4.78, 5) is 11.7. The van der Waals surface area contributed by atoms with Crippen LogP contribution in [0.3, 0.4) is 0 Å². The number of urea groups is 1. The lowest BCUT2D eigenvalue weighted by Gasteiger charge is -2.28. The molecule has 0 heterocycles. The number of carbonyl (C=O) groups excluding carboxylic acids is 1. The van der Waals surface area contributed by atoms with Crippen molar-refractivity contribution in [2.75, 3.05) is 6.54 Å². The predicted octanol–water partition coefficient (Wildman–Crippen LogP) is 2.73. The molecule has 21 heavy (non-hydrogen) atoms. The zero-order chi connectivity index (χ0) is 16.2. The fraction of sp³-hybridized carbons (Fsp3) is 0.533. The number of halogens is 2. The topological polar surface area (TPSA) is 61.4 Å². The van der Waals surface area contributed by atoms with Crippen LogP contribution in [-0.2, 0) is 0 Å². The molecule has 118 valence electrons. The summed E-state index contributed by atoms with van der Waals surface area (Å²) in [6.45, 7) is 6.98. The van der Waals surface area contributed by atoms with Crippen LogP contribution in [-0.4, -0.2) is 23.3 Å². The third-order valence-electron chi connectivity index (χ3n) is 3.63. The summed E-state index contributed by atoms with van der Waals surface area (Å²) in [6.07, 6.45) is 0. The lowest BCUT2D eigenvalue weighted by molar-refractivity contribution is 0.0165. The first-order valence-corrected chi connectivity index (χ1v) is 6.85. The number of rotatable bonds is 5. The molecule has 0 aliphatic carbocycles. The number of amides is 2. The molecule has 0 radical (unpaired) electrons. The minimum absolute atomic E-state index is 0.0234. The van der Waals surface area contributed by atoms with Gasteiger partial charge in [0.05, 0.1) is 11.6 Å². The first-order chi connectivity index (χ1) is 9.63. The Balaban J connectivity index is 2.58. The van der Waals surface area contributed by atoms with E-state index in [1.165, 1.54) is 6.07 Å². The smallest absolute Gasteiger partial charge is 0.315 e. The Hall–Kier alpha value is -1.69. The highest BCUT2D eigenvalue weighted by atomic mass is 19.1. The predicted molar refractivity (Wildman–Crippen MR) is 76.8 cm³/mol. The molecule has 0 fully saturated rings. The fourth-order valence-corrected chi connectivity index (χ4v) is 1.64. The minimum atomic E-state index is -1.03. The number of benzene rings is 1. The molecule has 0 spiro atoms. The molecule has 2 unspecified atom stereocenters. The van der Waals surface area contributed by atoms with E-state index in [2.05, 4.69) is 10.6 Å². The van der Waals surface area contributed by atoms with Crippen LogP contribution < -0.4 is 10.6 Å². The van der Waals surface area contributed by atoms with Crippen molar-refractivity contribution in [3.05, 3.63) is 35.4 Å². The van der Waals surface area contributed by atoms with Gasteiger partial charge in [0, 0.05) is 18.2 Å². The quantitative estimate of drug-likeness (QED) is 0.783. The van der Waals surface area contributed by atoms with E-state index in [0.717, 1.165) is 12.1 Å². The molecule has 1 aromatic carbocycles. The van der Waals surface area contributed by atoms with Crippen molar-refractivity contribution in [2.24, 2.45) is 5.92 Å². The van der Waals surface area contributed by atoms with Gasteiger partial charge in [-0.3, -0.25) is 0 Å². The van der Waals surface area contributed by atoms with Crippen LogP contribution in [0.4, 0.5) is 13.6 Å². The van der Waals surface area contributed by atoms with Crippen molar-refractivity contribution >= 4 is 6.03 Å². The van der Waals surface area contributed by atoms with Gasteiger partial charge in [-0.15, -0.1) is 0 Å². The van der Waals surface area contributed by atoms with E-state index in [-0.39, 0.29) is 18.0 Å². The van der Waals surface area contributed by atoms with E-state index < -0.39 is 29.3 Å². The molecule has 1 aromatic rings. The number of aliphatic hydroxyl groups is 1. The standard InChI is InChI=1S/C15H22F2N2O2/c1-9(2)15(4,21)8-18-14(20)19-10(3)12-6-5-11(16)7-13(12)17/h5-7,9-10,21H,8H2,1-4H3,(H2,18,19,20). The molecule has 0 bridgehead atoms. The zero-order valence-electron chi connectivity index (χ0n) is 12.7. The molecule has 0 saturated heterocycles. The van der Waals surface area contributed by atoms with Crippen molar-refractivity contribution < 1.29 is 18.7 Å². The molecule has 0 aliphatic heterocycles. The molecule has 4 nitrogen and oxygen atoms in total. The van der Waals surface area contributed by atoms with Gasteiger partial charge in [-0.1, -0.05) is 19.9 Å². The van der Waals surface area contributed by atoms with Crippen LogP contribution in [0.1, 0.15) is 39.3 Å². The van der Waals surface area contributed by atoms with Gasteiger partial charge in [0.15, 0.2) is 0 Å². The van der Waals surface area contributed by atoms with E-state index >= 15 is 0 Å². The molecular formula is C15H22F2N2O2. The zero-order valence-corrected chi connectivity index (χ0v) is 12.7. The Morgan fingerprint density at radius 2 is 1.95 bits per heavy atom. The van der Waals surface area contributed by atoms with Gasteiger partial charge < -0.3 is 15.7 Å². The Morgan fingerprint density at radius 1 is 1.33 bits per heavy atom. The van der Waals surface area contributed by atoms with E-state index in [9.17, 15) is 18.7 Å². The van der Waals surface area contributed by atoms with Crippen molar-refractivity contribution in [1.82, 2.24) is 10.6 Å². The third-order valence-corrected chi connectivity index (χ3v) is 3.63. The molecule has 0 aromatic heterocycles. The van der Waals surface area contributed by atoms with Gasteiger partial charge in [-0.05, 0) is 25.8 Å². The largest absolute Gasteiger partial charge is 0.388 e. The Bertz CT molecular complexity index is 504. The van der Waals surface area contributed by atoms with Gasteiger partial charge >= 0.3 is 6.03 Å². The molecule has 6 heteroatoms. The average Bonchev–Trinajstić information content (AvgIpc) is 2.36. The van der Waals surface area contributed by atoms with Gasteiger partial charge in [-0.2, -0.15) is 0 Å². The summed E-state index contributed by atoms with van der Waals surface area (Å²) in [7, 11) is 0. The molecule has 2 atom stereocenters. The molecule has 0 aliphatic rings. The Morgan fingerprint density at radius 3 is 2.48 bits per heavy atom. The number of hydrogen-bond donors (Lipinski definition) is 3. The van der Waals surface area contributed by atoms with Crippen LogP contribution in [0, 0.1) is 17.6 Å². The molecule has 3 N–H and O–H groups in total. The third kappa shape index (κ3) is 4.97. The molecule has 0 saturated carbocycles. The highest BCUT2D eigenvalue weighted by Crippen LogP contribution is 2.18. The van der Waals surface area contributed by atoms with Crippen LogP contribution in [0.5, 0.6) is 0 Å². The van der Waals surface area contributed by atoms with Crippen LogP contribution in [0.15, 0.2) is 18.2 Å². The summed E-state index contributed by atoms with van der Waals surface area (Å²) in [6, 6.07) is 2.06. The monoisotopic (exact) mass is 300 g/mol. The van der Waals surface area contributed by atoms with Crippen molar-refractivity contribution in [3.8, 4) is 0 Å². The maximum Gasteiger partial charge on any atom is 0.315 e.